The number of non-ortho nitro benzene ring substituents is 1. The second kappa shape index (κ2) is 4.16. The highest BCUT2D eigenvalue weighted by Gasteiger charge is 2.16. The molecule has 0 unspecified atom stereocenters. The number of nitro groups is 1. The summed E-state index contributed by atoms with van der Waals surface area (Å²) in [4.78, 5) is 12.0. The standard InChI is InChI=1S/C11H10N6O2/c1-15-13-10(12-14-15)7-16-6-5-8-3-2-4-9(11(8)16)17(18)19/h2-6H,7H2,1H3. The van der Waals surface area contributed by atoms with Crippen molar-refractivity contribution in [1.29, 1.82) is 0 Å². The average Bonchev–Trinajstić information content (AvgIpc) is 2.97. The Morgan fingerprint density at radius 3 is 2.89 bits per heavy atom. The Hall–Kier alpha value is -2.77. The second-order valence-corrected chi connectivity index (χ2v) is 4.11. The van der Waals surface area contributed by atoms with Gasteiger partial charge in [0.1, 0.15) is 5.52 Å². The van der Waals surface area contributed by atoms with Crippen molar-refractivity contribution in [2.75, 3.05) is 0 Å². The van der Waals surface area contributed by atoms with Crippen LogP contribution in [-0.2, 0) is 13.6 Å². The molecule has 0 spiro atoms. The topological polar surface area (TPSA) is 91.7 Å². The van der Waals surface area contributed by atoms with Crippen molar-refractivity contribution in [1.82, 2.24) is 24.8 Å². The van der Waals surface area contributed by atoms with Crippen LogP contribution < -0.4 is 0 Å². The van der Waals surface area contributed by atoms with Crippen molar-refractivity contribution in [3.63, 3.8) is 0 Å². The Morgan fingerprint density at radius 1 is 1.37 bits per heavy atom. The molecule has 0 saturated carbocycles. The predicted molar refractivity (Wildman–Crippen MR) is 66.5 cm³/mol. The number of hydrogen-bond acceptors (Lipinski definition) is 5. The predicted octanol–water partition coefficient (Wildman–Crippen LogP) is 1.12. The van der Waals surface area contributed by atoms with Gasteiger partial charge in [-0.1, -0.05) is 12.1 Å². The van der Waals surface area contributed by atoms with Gasteiger partial charge in [0.15, 0.2) is 5.82 Å². The largest absolute Gasteiger partial charge is 0.334 e. The maximum Gasteiger partial charge on any atom is 0.293 e. The van der Waals surface area contributed by atoms with E-state index in [4.69, 9.17) is 0 Å². The van der Waals surface area contributed by atoms with Gasteiger partial charge < -0.3 is 4.57 Å². The van der Waals surface area contributed by atoms with Crippen LogP contribution in [0.1, 0.15) is 5.82 Å². The van der Waals surface area contributed by atoms with Gasteiger partial charge in [0, 0.05) is 17.6 Å². The summed E-state index contributed by atoms with van der Waals surface area (Å²) < 4.78 is 1.75. The van der Waals surface area contributed by atoms with E-state index < -0.39 is 0 Å². The van der Waals surface area contributed by atoms with Crippen molar-refractivity contribution >= 4 is 16.6 Å². The number of nitro benzene ring substituents is 1. The van der Waals surface area contributed by atoms with Crippen LogP contribution in [0.3, 0.4) is 0 Å². The Balaban J connectivity index is 2.11. The molecule has 3 aromatic rings. The molecular weight excluding hydrogens is 248 g/mol. The highest BCUT2D eigenvalue weighted by molar-refractivity contribution is 5.88. The van der Waals surface area contributed by atoms with E-state index >= 15 is 0 Å². The lowest BCUT2D eigenvalue weighted by molar-refractivity contribution is -0.383. The molecule has 2 heterocycles. The molecule has 0 bridgehead atoms. The maximum atomic E-state index is 11.1. The summed E-state index contributed by atoms with van der Waals surface area (Å²) in [5.74, 6) is 0.512. The van der Waals surface area contributed by atoms with Crippen LogP contribution in [-0.4, -0.2) is 29.7 Å². The fourth-order valence-corrected chi connectivity index (χ4v) is 2.06. The third-order valence-corrected chi connectivity index (χ3v) is 2.83. The summed E-state index contributed by atoms with van der Waals surface area (Å²) in [5, 5.41) is 23.6. The minimum absolute atomic E-state index is 0.0754. The number of hydrogen-bond donors (Lipinski definition) is 0. The number of tetrazole rings is 1. The highest BCUT2D eigenvalue weighted by atomic mass is 16.6. The van der Waals surface area contributed by atoms with Gasteiger partial charge in [-0.2, -0.15) is 4.80 Å². The third-order valence-electron chi connectivity index (χ3n) is 2.83. The molecule has 1 aromatic carbocycles. The van der Waals surface area contributed by atoms with E-state index in [2.05, 4.69) is 15.4 Å². The van der Waals surface area contributed by atoms with Gasteiger partial charge >= 0.3 is 0 Å². The molecule has 8 nitrogen and oxygen atoms in total. The zero-order valence-corrected chi connectivity index (χ0v) is 10.1. The van der Waals surface area contributed by atoms with Crippen LogP contribution in [0.25, 0.3) is 10.9 Å². The Morgan fingerprint density at radius 2 is 2.21 bits per heavy atom. The molecule has 0 atom stereocenters. The minimum Gasteiger partial charge on any atom is -0.334 e. The fourth-order valence-electron chi connectivity index (χ4n) is 2.06. The Labute approximate surface area is 107 Å². The van der Waals surface area contributed by atoms with Crippen LogP contribution >= 0.6 is 0 Å². The first kappa shape index (κ1) is 11.3. The van der Waals surface area contributed by atoms with Gasteiger partial charge in [-0.25, -0.2) is 0 Å². The lowest BCUT2D eigenvalue weighted by Gasteiger charge is -2.02. The van der Waals surface area contributed by atoms with Gasteiger partial charge in [0.25, 0.3) is 5.69 Å². The third kappa shape index (κ3) is 1.92. The van der Waals surface area contributed by atoms with Crippen molar-refractivity contribution in [2.45, 2.75) is 6.54 Å². The maximum absolute atomic E-state index is 11.1. The van der Waals surface area contributed by atoms with Crippen molar-refractivity contribution in [3.8, 4) is 0 Å². The number of rotatable bonds is 3. The highest BCUT2D eigenvalue weighted by Crippen LogP contribution is 2.26. The second-order valence-electron chi connectivity index (χ2n) is 4.11. The molecule has 19 heavy (non-hydrogen) atoms. The van der Waals surface area contributed by atoms with Crippen LogP contribution in [0.15, 0.2) is 30.5 Å². The molecule has 0 aliphatic heterocycles. The molecule has 3 rings (SSSR count). The van der Waals surface area contributed by atoms with Crippen LogP contribution in [0.4, 0.5) is 5.69 Å². The van der Waals surface area contributed by atoms with Crippen molar-refractivity contribution in [3.05, 3.63) is 46.4 Å². The van der Waals surface area contributed by atoms with Crippen LogP contribution in [0.2, 0.25) is 0 Å². The van der Waals surface area contributed by atoms with Crippen molar-refractivity contribution < 1.29 is 4.92 Å². The number of aryl methyl sites for hydroxylation is 1. The summed E-state index contributed by atoms with van der Waals surface area (Å²) in [6.07, 6.45) is 1.79. The fraction of sp³-hybridized carbons (Fsp3) is 0.182. The molecule has 0 N–H and O–H groups in total. The van der Waals surface area contributed by atoms with Crippen LogP contribution in [0.5, 0.6) is 0 Å². The summed E-state index contributed by atoms with van der Waals surface area (Å²) in [7, 11) is 1.67. The van der Waals surface area contributed by atoms with Gasteiger partial charge in [-0.15, -0.1) is 10.2 Å². The summed E-state index contributed by atoms with van der Waals surface area (Å²) in [6, 6.07) is 6.83. The molecule has 0 aliphatic carbocycles. The normalized spacial score (nSPS) is 11.0. The quantitative estimate of drug-likeness (QED) is 0.518. The first-order chi connectivity index (χ1) is 9.15. The first-order valence-corrected chi connectivity index (χ1v) is 5.60. The monoisotopic (exact) mass is 258 g/mol. The average molecular weight is 258 g/mol. The molecule has 0 aliphatic rings. The van der Waals surface area contributed by atoms with E-state index in [1.54, 1.807) is 23.9 Å². The number of nitrogens with zero attached hydrogens (tertiary/aromatic N) is 6. The van der Waals surface area contributed by atoms with Crippen molar-refractivity contribution in [2.24, 2.45) is 7.05 Å². The van der Waals surface area contributed by atoms with Gasteiger partial charge in [0.05, 0.1) is 18.5 Å². The number of aromatic nitrogens is 5. The van der Waals surface area contributed by atoms with E-state index in [-0.39, 0.29) is 10.6 Å². The molecular formula is C11H10N6O2. The molecule has 8 heteroatoms. The smallest absolute Gasteiger partial charge is 0.293 e. The molecule has 2 aromatic heterocycles. The van der Waals surface area contributed by atoms with Gasteiger partial charge in [-0.05, 0) is 11.3 Å². The summed E-state index contributed by atoms with van der Waals surface area (Å²) >= 11 is 0. The zero-order chi connectivity index (χ0) is 13.4. The van der Waals surface area contributed by atoms with E-state index in [1.807, 2.05) is 12.1 Å². The minimum atomic E-state index is -0.386. The van der Waals surface area contributed by atoms with E-state index in [1.165, 1.54) is 10.9 Å². The molecule has 0 radical (unpaired) electrons. The zero-order valence-electron chi connectivity index (χ0n) is 10.1. The molecule has 96 valence electrons. The molecule has 0 fully saturated rings. The summed E-state index contributed by atoms with van der Waals surface area (Å²) in [6.45, 7) is 0.349. The summed E-state index contributed by atoms with van der Waals surface area (Å²) in [5.41, 5.74) is 0.645. The SMILES string of the molecule is Cn1nnc(Cn2ccc3cccc([N+](=O)[O-])c32)n1. The Bertz CT molecular complexity index is 759. The van der Waals surface area contributed by atoms with E-state index in [9.17, 15) is 10.1 Å². The lowest BCUT2D eigenvalue weighted by atomic mass is 10.2. The lowest BCUT2D eigenvalue weighted by Crippen LogP contribution is -2.02. The number of fused-ring (bicyclic) bond motifs is 1. The van der Waals surface area contributed by atoms with Gasteiger partial charge in [0.2, 0.25) is 0 Å². The van der Waals surface area contributed by atoms with Gasteiger partial charge in [-0.3, -0.25) is 10.1 Å². The number of para-hydroxylation sites is 1. The van der Waals surface area contributed by atoms with E-state index in [0.717, 1.165) is 5.39 Å². The van der Waals surface area contributed by atoms with E-state index in [0.29, 0.717) is 17.9 Å². The Kier molecular flexibility index (Phi) is 2.48. The molecule has 0 amide bonds. The molecule has 0 saturated heterocycles. The first-order valence-electron chi connectivity index (χ1n) is 5.60. The number of benzene rings is 1. The van der Waals surface area contributed by atoms with Crippen LogP contribution in [0, 0.1) is 10.1 Å².